The summed E-state index contributed by atoms with van der Waals surface area (Å²) >= 11 is 0. The summed E-state index contributed by atoms with van der Waals surface area (Å²) in [5, 5.41) is 2.79. The van der Waals surface area contributed by atoms with Crippen molar-refractivity contribution in [3.63, 3.8) is 0 Å². The van der Waals surface area contributed by atoms with Gasteiger partial charge in [0.1, 0.15) is 6.10 Å². The van der Waals surface area contributed by atoms with Gasteiger partial charge < -0.3 is 10.1 Å². The Kier molecular flexibility index (Phi) is 1.20. The van der Waals surface area contributed by atoms with Gasteiger partial charge in [-0.05, 0) is 12.3 Å². The summed E-state index contributed by atoms with van der Waals surface area (Å²) in [6.45, 7) is 2.13. The Balaban J connectivity index is 2.03. The molecule has 0 aromatic carbocycles. The van der Waals surface area contributed by atoms with Crippen molar-refractivity contribution in [2.75, 3.05) is 0 Å². The average Bonchev–Trinajstić information content (AvgIpc) is 2.60. The van der Waals surface area contributed by atoms with Crippen molar-refractivity contribution < 1.29 is 9.53 Å². The smallest absolute Gasteiger partial charge is 0.222 e. The molecule has 0 bridgehead atoms. The topological polar surface area (TPSA) is 41.6 Å². The van der Waals surface area contributed by atoms with Crippen molar-refractivity contribution in [3.8, 4) is 0 Å². The highest BCUT2D eigenvalue weighted by Crippen LogP contribution is 2.32. The molecular formula is C7H11NO2. The van der Waals surface area contributed by atoms with E-state index in [1.165, 1.54) is 0 Å². The van der Waals surface area contributed by atoms with Crippen LogP contribution in [0, 0.1) is 5.92 Å². The van der Waals surface area contributed by atoms with Crippen LogP contribution in [-0.2, 0) is 9.53 Å². The summed E-state index contributed by atoms with van der Waals surface area (Å²) < 4.78 is 5.21. The minimum absolute atomic E-state index is 0.0463. The number of hydrogen-bond donors (Lipinski definition) is 1. The van der Waals surface area contributed by atoms with Gasteiger partial charge in [-0.2, -0.15) is 0 Å². The maximum Gasteiger partial charge on any atom is 0.222 e. The molecule has 56 valence electrons. The van der Waals surface area contributed by atoms with Crippen LogP contribution in [0.4, 0.5) is 0 Å². The van der Waals surface area contributed by atoms with Gasteiger partial charge in [0.25, 0.3) is 0 Å². The van der Waals surface area contributed by atoms with E-state index in [9.17, 15) is 4.79 Å². The third-order valence-electron chi connectivity index (χ3n) is 2.22. The minimum atomic E-state index is 0.0463. The zero-order chi connectivity index (χ0) is 7.14. The molecule has 2 rings (SSSR count). The number of epoxide rings is 1. The van der Waals surface area contributed by atoms with Crippen molar-refractivity contribution in [1.82, 2.24) is 5.32 Å². The Morgan fingerprint density at radius 1 is 1.70 bits per heavy atom. The van der Waals surface area contributed by atoms with Gasteiger partial charge in [0.2, 0.25) is 5.91 Å². The first-order valence-electron chi connectivity index (χ1n) is 3.72. The lowest BCUT2D eigenvalue weighted by Crippen LogP contribution is -2.25. The molecule has 2 aliphatic rings. The molecule has 3 nitrogen and oxygen atoms in total. The molecule has 2 fully saturated rings. The highest BCUT2D eigenvalue weighted by atomic mass is 16.6. The molecule has 2 heterocycles. The van der Waals surface area contributed by atoms with Crippen LogP contribution in [0.25, 0.3) is 0 Å². The van der Waals surface area contributed by atoms with E-state index in [0.717, 1.165) is 6.42 Å². The van der Waals surface area contributed by atoms with Crippen molar-refractivity contribution in [1.29, 1.82) is 0 Å². The molecule has 1 amide bonds. The largest absolute Gasteiger partial charge is 0.348 e. The van der Waals surface area contributed by atoms with Gasteiger partial charge in [-0.25, -0.2) is 0 Å². The van der Waals surface area contributed by atoms with Crippen molar-refractivity contribution in [2.45, 2.75) is 32.1 Å². The number of rotatable bonds is 0. The number of nitrogens with one attached hydrogen (secondary N) is 1. The molecule has 0 aliphatic carbocycles. The Morgan fingerprint density at radius 2 is 2.50 bits per heavy atom. The second-order valence-corrected chi connectivity index (χ2v) is 3.10. The third-order valence-corrected chi connectivity index (χ3v) is 2.22. The standard InChI is InChI=1S/C7H11NO2/c1-4-2-3-5(9)8-7-6(4)10-7/h4,6-7H,2-3H2,1H3,(H,8,9). The zero-order valence-electron chi connectivity index (χ0n) is 5.96. The van der Waals surface area contributed by atoms with Gasteiger partial charge in [-0.3, -0.25) is 4.79 Å². The summed E-state index contributed by atoms with van der Waals surface area (Å²) in [4.78, 5) is 10.9. The first-order chi connectivity index (χ1) is 4.77. The number of carbonyl (C=O) groups is 1. The second-order valence-electron chi connectivity index (χ2n) is 3.10. The molecule has 10 heavy (non-hydrogen) atoms. The fourth-order valence-electron chi connectivity index (χ4n) is 1.43. The predicted molar refractivity (Wildman–Crippen MR) is 35.2 cm³/mol. The molecule has 2 saturated heterocycles. The third kappa shape index (κ3) is 0.904. The summed E-state index contributed by atoms with van der Waals surface area (Å²) in [7, 11) is 0. The number of carbonyl (C=O) groups excluding carboxylic acids is 1. The van der Waals surface area contributed by atoms with Crippen LogP contribution in [0.1, 0.15) is 19.8 Å². The van der Waals surface area contributed by atoms with Crippen LogP contribution < -0.4 is 5.32 Å². The highest BCUT2D eigenvalue weighted by Gasteiger charge is 2.45. The van der Waals surface area contributed by atoms with Gasteiger partial charge in [0.05, 0.1) is 0 Å². The van der Waals surface area contributed by atoms with Gasteiger partial charge in [0.15, 0.2) is 6.23 Å². The molecule has 1 N–H and O–H groups in total. The highest BCUT2D eigenvalue weighted by molar-refractivity contribution is 5.76. The Labute approximate surface area is 59.7 Å². The Morgan fingerprint density at radius 3 is 3.30 bits per heavy atom. The van der Waals surface area contributed by atoms with Gasteiger partial charge in [-0.15, -0.1) is 0 Å². The van der Waals surface area contributed by atoms with Crippen LogP contribution in [0.2, 0.25) is 0 Å². The van der Waals surface area contributed by atoms with Crippen LogP contribution in [-0.4, -0.2) is 18.2 Å². The van der Waals surface area contributed by atoms with Crippen molar-refractivity contribution >= 4 is 5.91 Å². The van der Waals surface area contributed by atoms with Crippen molar-refractivity contribution in [2.24, 2.45) is 5.92 Å². The lowest BCUT2D eigenvalue weighted by molar-refractivity contribution is -0.121. The van der Waals surface area contributed by atoms with Gasteiger partial charge >= 0.3 is 0 Å². The first kappa shape index (κ1) is 6.16. The SMILES string of the molecule is CC1CCC(=O)NC2OC12. The minimum Gasteiger partial charge on any atom is -0.348 e. The maximum absolute atomic E-state index is 10.9. The fourth-order valence-corrected chi connectivity index (χ4v) is 1.43. The molecule has 2 aliphatic heterocycles. The molecule has 0 saturated carbocycles. The predicted octanol–water partition coefficient (Wildman–Crippen LogP) is 0.257. The summed E-state index contributed by atoms with van der Waals surface area (Å²) in [5.41, 5.74) is 0. The van der Waals surface area contributed by atoms with Crippen LogP contribution in [0.15, 0.2) is 0 Å². The summed E-state index contributed by atoms with van der Waals surface area (Å²) in [6, 6.07) is 0. The van der Waals surface area contributed by atoms with Crippen LogP contribution in [0.3, 0.4) is 0 Å². The van der Waals surface area contributed by atoms with Crippen molar-refractivity contribution in [3.05, 3.63) is 0 Å². The average molecular weight is 141 g/mol. The summed E-state index contributed by atoms with van der Waals surface area (Å²) in [6.07, 6.45) is 1.99. The number of ether oxygens (including phenoxy) is 1. The van der Waals surface area contributed by atoms with E-state index < -0.39 is 0 Å². The molecular weight excluding hydrogens is 130 g/mol. The maximum atomic E-state index is 10.9. The lowest BCUT2D eigenvalue weighted by atomic mass is 10.0. The van der Waals surface area contributed by atoms with E-state index in [-0.39, 0.29) is 12.1 Å². The number of amides is 1. The molecule has 0 aromatic rings. The molecule has 3 unspecified atom stereocenters. The number of fused-ring (bicyclic) bond motifs is 1. The Bertz CT molecular complexity index is 169. The molecule has 0 spiro atoms. The number of hydrogen-bond acceptors (Lipinski definition) is 2. The second kappa shape index (κ2) is 1.95. The van der Waals surface area contributed by atoms with E-state index in [1.54, 1.807) is 0 Å². The molecule has 3 atom stereocenters. The van der Waals surface area contributed by atoms with Crippen LogP contribution in [0.5, 0.6) is 0 Å². The van der Waals surface area contributed by atoms with E-state index in [0.29, 0.717) is 18.4 Å². The van der Waals surface area contributed by atoms with E-state index in [4.69, 9.17) is 4.74 Å². The monoisotopic (exact) mass is 141 g/mol. The first-order valence-corrected chi connectivity index (χ1v) is 3.72. The molecule has 0 aromatic heterocycles. The lowest BCUT2D eigenvalue weighted by Gasteiger charge is -2.01. The zero-order valence-corrected chi connectivity index (χ0v) is 5.96. The van der Waals surface area contributed by atoms with Gasteiger partial charge in [0, 0.05) is 6.42 Å². The summed E-state index contributed by atoms with van der Waals surface area (Å²) in [5.74, 6) is 0.681. The van der Waals surface area contributed by atoms with E-state index in [1.807, 2.05) is 0 Å². The van der Waals surface area contributed by atoms with E-state index >= 15 is 0 Å². The fraction of sp³-hybridized carbons (Fsp3) is 0.857. The Hall–Kier alpha value is -0.570. The van der Waals surface area contributed by atoms with Gasteiger partial charge in [-0.1, -0.05) is 6.92 Å². The van der Waals surface area contributed by atoms with Crippen LogP contribution >= 0.6 is 0 Å². The molecule has 0 radical (unpaired) electrons. The normalized spacial score (nSPS) is 45.3. The van der Waals surface area contributed by atoms with E-state index in [2.05, 4.69) is 12.2 Å². The molecule has 3 heteroatoms. The quantitative estimate of drug-likeness (QED) is 0.491.